The summed E-state index contributed by atoms with van der Waals surface area (Å²) in [7, 11) is 0. The Morgan fingerprint density at radius 3 is 2.71 bits per heavy atom. The topological polar surface area (TPSA) is 62.4 Å². The average molecular weight is 236 g/mol. The van der Waals surface area contributed by atoms with Gasteiger partial charge in [-0.05, 0) is 20.8 Å². The summed E-state index contributed by atoms with van der Waals surface area (Å²) in [5.41, 5.74) is 0.891. The minimum absolute atomic E-state index is 0.0372. The lowest BCUT2D eigenvalue weighted by atomic mass is 10.2. The van der Waals surface area contributed by atoms with E-state index in [0.717, 1.165) is 5.69 Å². The van der Waals surface area contributed by atoms with Crippen LogP contribution < -0.4 is 5.43 Å². The van der Waals surface area contributed by atoms with Crippen LogP contribution >= 0.6 is 0 Å². The van der Waals surface area contributed by atoms with Crippen LogP contribution in [0.2, 0.25) is 0 Å². The van der Waals surface area contributed by atoms with E-state index in [1.807, 2.05) is 20.8 Å². The molecule has 1 amide bonds. The van der Waals surface area contributed by atoms with Gasteiger partial charge in [0, 0.05) is 23.5 Å². The van der Waals surface area contributed by atoms with Gasteiger partial charge < -0.3 is 9.72 Å². The quantitative estimate of drug-likeness (QED) is 0.744. The second-order valence-corrected chi connectivity index (χ2v) is 5.14. The third kappa shape index (κ3) is 2.49. The largest absolute Gasteiger partial charge is 0.444 e. The molecule has 0 radical (unpaired) electrons. The summed E-state index contributed by atoms with van der Waals surface area (Å²) in [5.74, 6) is 0. The Morgan fingerprint density at radius 1 is 1.41 bits per heavy atom. The summed E-state index contributed by atoms with van der Waals surface area (Å²) in [4.78, 5) is 27.9. The van der Waals surface area contributed by atoms with E-state index < -0.39 is 5.60 Å². The molecular weight excluding hydrogens is 220 g/mol. The number of nitrogens with zero attached hydrogens (tertiary/aromatic N) is 1. The van der Waals surface area contributed by atoms with E-state index in [4.69, 9.17) is 4.74 Å². The van der Waals surface area contributed by atoms with Gasteiger partial charge >= 0.3 is 6.09 Å². The Kier molecular flexibility index (Phi) is 2.69. The zero-order valence-electron chi connectivity index (χ0n) is 10.2. The lowest BCUT2D eigenvalue weighted by Gasteiger charge is -2.23. The maximum atomic E-state index is 11.8. The Bertz CT molecular complexity index is 499. The molecule has 1 N–H and O–H groups in total. The number of carbonyl (C=O) groups excluding carboxylic acids is 1. The number of aromatic nitrogens is 1. The Morgan fingerprint density at radius 2 is 2.12 bits per heavy atom. The Hall–Kier alpha value is -1.78. The molecule has 0 bridgehead atoms. The number of amides is 1. The van der Waals surface area contributed by atoms with Gasteiger partial charge in [0.05, 0.1) is 13.1 Å². The second-order valence-electron chi connectivity index (χ2n) is 5.14. The smallest absolute Gasteiger partial charge is 0.410 e. The van der Waals surface area contributed by atoms with Gasteiger partial charge in [0.25, 0.3) is 0 Å². The summed E-state index contributed by atoms with van der Waals surface area (Å²) >= 11 is 0. The van der Waals surface area contributed by atoms with Crippen LogP contribution in [0.25, 0.3) is 0 Å². The van der Waals surface area contributed by atoms with Crippen molar-refractivity contribution in [3.8, 4) is 0 Å². The van der Waals surface area contributed by atoms with E-state index in [9.17, 15) is 9.59 Å². The number of hydrogen-bond donors (Lipinski definition) is 1. The highest BCUT2D eigenvalue weighted by atomic mass is 16.6. The van der Waals surface area contributed by atoms with Crippen LogP contribution in [-0.2, 0) is 17.8 Å². The van der Waals surface area contributed by atoms with Gasteiger partial charge in [-0.1, -0.05) is 0 Å². The van der Waals surface area contributed by atoms with Crippen molar-refractivity contribution in [1.29, 1.82) is 0 Å². The maximum absolute atomic E-state index is 11.8. The number of aromatic amines is 1. The van der Waals surface area contributed by atoms with E-state index in [0.29, 0.717) is 18.7 Å². The molecule has 1 aromatic heterocycles. The molecule has 0 aromatic carbocycles. The number of hydrogen-bond acceptors (Lipinski definition) is 3. The van der Waals surface area contributed by atoms with Gasteiger partial charge in [-0.25, -0.2) is 4.79 Å². The minimum atomic E-state index is -0.518. The van der Waals surface area contributed by atoms with Crippen molar-refractivity contribution in [2.24, 2.45) is 0 Å². The fraction of sp³-hybridized carbons (Fsp3) is 0.500. The number of fused-ring (bicyclic) bond motifs is 1. The van der Waals surface area contributed by atoms with E-state index in [2.05, 4.69) is 4.98 Å². The van der Waals surface area contributed by atoms with Gasteiger partial charge in [-0.3, -0.25) is 9.69 Å². The van der Waals surface area contributed by atoms with Crippen molar-refractivity contribution in [3.05, 3.63) is 33.7 Å². The molecule has 0 saturated heterocycles. The molecule has 0 saturated carbocycles. The third-order valence-electron chi connectivity index (χ3n) is 2.50. The zero-order valence-corrected chi connectivity index (χ0v) is 10.2. The maximum Gasteiger partial charge on any atom is 0.410 e. The van der Waals surface area contributed by atoms with E-state index in [-0.39, 0.29) is 11.5 Å². The van der Waals surface area contributed by atoms with Gasteiger partial charge in [-0.15, -0.1) is 0 Å². The normalized spacial score (nSPS) is 14.6. The highest BCUT2D eigenvalue weighted by molar-refractivity contribution is 5.69. The highest BCUT2D eigenvalue weighted by Crippen LogP contribution is 2.20. The predicted octanol–water partition coefficient (Wildman–Crippen LogP) is 1.63. The van der Waals surface area contributed by atoms with Gasteiger partial charge in [0.1, 0.15) is 5.60 Å². The summed E-state index contributed by atoms with van der Waals surface area (Å²) < 4.78 is 5.26. The first-order valence-electron chi connectivity index (χ1n) is 5.54. The van der Waals surface area contributed by atoms with Crippen molar-refractivity contribution in [2.45, 2.75) is 39.5 Å². The number of nitrogens with one attached hydrogen (secondary N) is 1. The molecule has 2 rings (SSSR count). The van der Waals surface area contributed by atoms with E-state index in [1.165, 1.54) is 11.0 Å². The average Bonchev–Trinajstić information content (AvgIpc) is 2.60. The molecule has 5 nitrogen and oxygen atoms in total. The third-order valence-corrected chi connectivity index (χ3v) is 2.50. The number of rotatable bonds is 0. The first kappa shape index (κ1) is 11.7. The summed E-state index contributed by atoms with van der Waals surface area (Å²) in [6.45, 7) is 6.18. The number of carbonyl (C=O) groups is 1. The fourth-order valence-corrected chi connectivity index (χ4v) is 1.76. The SMILES string of the molecule is CC(C)(C)OC(=O)N1Cc2[nH]ccc(=O)c2C1. The van der Waals surface area contributed by atoms with Crippen LogP contribution in [0.15, 0.2) is 17.1 Å². The summed E-state index contributed by atoms with van der Waals surface area (Å²) in [6, 6.07) is 1.47. The first-order valence-corrected chi connectivity index (χ1v) is 5.54. The number of ether oxygens (including phenoxy) is 1. The van der Waals surface area contributed by atoms with Crippen molar-refractivity contribution in [1.82, 2.24) is 9.88 Å². The molecule has 0 atom stereocenters. The number of pyridine rings is 1. The molecule has 1 aliphatic heterocycles. The van der Waals surface area contributed by atoms with Gasteiger partial charge in [0.2, 0.25) is 0 Å². The number of H-pyrrole nitrogens is 1. The molecule has 1 aliphatic rings. The van der Waals surface area contributed by atoms with Gasteiger partial charge in [0.15, 0.2) is 5.43 Å². The lowest BCUT2D eigenvalue weighted by molar-refractivity contribution is 0.0240. The van der Waals surface area contributed by atoms with Crippen LogP contribution in [-0.4, -0.2) is 21.6 Å². The van der Waals surface area contributed by atoms with Crippen LogP contribution in [0.1, 0.15) is 32.0 Å². The molecule has 0 unspecified atom stereocenters. The van der Waals surface area contributed by atoms with Crippen LogP contribution in [0.3, 0.4) is 0 Å². The first-order chi connectivity index (χ1) is 7.87. The predicted molar refractivity (Wildman–Crippen MR) is 62.5 cm³/mol. The zero-order chi connectivity index (χ0) is 12.6. The van der Waals surface area contributed by atoms with E-state index in [1.54, 1.807) is 6.20 Å². The van der Waals surface area contributed by atoms with Crippen LogP contribution in [0.5, 0.6) is 0 Å². The molecule has 92 valence electrons. The minimum Gasteiger partial charge on any atom is -0.444 e. The molecule has 17 heavy (non-hydrogen) atoms. The van der Waals surface area contributed by atoms with Crippen molar-refractivity contribution in [2.75, 3.05) is 0 Å². The van der Waals surface area contributed by atoms with Crippen molar-refractivity contribution < 1.29 is 9.53 Å². The fourth-order valence-electron chi connectivity index (χ4n) is 1.76. The molecule has 0 fully saturated rings. The van der Waals surface area contributed by atoms with Crippen LogP contribution in [0.4, 0.5) is 4.79 Å². The summed E-state index contributed by atoms with van der Waals surface area (Å²) in [5, 5.41) is 0. The molecule has 5 heteroatoms. The van der Waals surface area contributed by atoms with Crippen LogP contribution in [0, 0.1) is 0 Å². The lowest BCUT2D eigenvalue weighted by Crippen LogP contribution is -2.33. The van der Waals surface area contributed by atoms with Crippen molar-refractivity contribution in [3.63, 3.8) is 0 Å². The molecule has 1 aromatic rings. The Labute approximate surface area is 99.4 Å². The second kappa shape index (κ2) is 3.91. The molecule has 0 spiro atoms. The summed E-state index contributed by atoms with van der Waals surface area (Å²) in [6.07, 6.45) is 1.21. The Balaban J connectivity index is 2.13. The molecule has 0 aliphatic carbocycles. The molecule has 2 heterocycles. The van der Waals surface area contributed by atoms with Crippen molar-refractivity contribution >= 4 is 6.09 Å². The van der Waals surface area contributed by atoms with E-state index >= 15 is 0 Å². The molecular formula is C12H16N2O3. The highest BCUT2D eigenvalue weighted by Gasteiger charge is 2.29. The monoisotopic (exact) mass is 236 g/mol. The van der Waals surface area contributed by atoms with Gasteiger partial charge in [-0.2, -0.15) is 0 Å². The standard InChI is InChI=1S/C12H16N2O3/c1-12(2,3)17-11(16)14-6-8-9(7-14)13-5-4-10(8)15/h4-5H,6-7H2,1-3H3,(H,13,15).